The normalized spacial score (nSPS) is 10.4. The first-order chi connectivity index (χ1) is 9.15. The molecule has 0 fully saturated rings. The lowest BCUT2D eigenvalue weighted by Crippen LogP contribution is -2.22. The van der Waals surface area contributed by atoms with Crippen LogP contribution in [-0.4, -0.2) is 10.9 Å². The Morgan fingerprint density at radius 2 is 2.11 bits per heavy atom. The van der Waals surface area contributed by atoms with Gasteiger partial charge in [-0.05, 0) is 31.4 Å². The molecular formula is C15H18N2OS. The Morgan fingerprint density at radius 3 is 2.79 bits per heavy atom. The Hall–Kier alpha value is -1.68. The van der Waals surface area contributed by atoms with Gasteiger partial charge in [0, 0.05) is 17.5 Å². The highest BCUT2D eigenvalue weighted by Gasteiger charge is 2.05. The first-order valence-electron chi connectivity index (χ1n) is 6.37. The molecule has 19 heavy (non-hydrogen) atoms. The molecule has 1 amide bonds. The van der Waals surface area contributed by atoms with Gasteiger partial charge < -0.3 is 5.32 Å². The van der Waals surface area contributed by atoms with E-state index in [0.717, 1.165) is 11.4 Å². The molecule has 0 aliphatic rings. The van der Waals surface area contributed by atoms with Crippen molar-refractivity contribution in [3.63, 3.8) is 0 Å². The molecule has 0 atom stereocenters. The summed E-state index contributed by atoms with van der Waals surface area (Å²) in [4.78, 5) is 17.2. The average molecular weight is 274 g/mol. The fraction of sp³-hybridized carbons (Fsp3) is 0.333. The maximum atomic E-state index is 11.8. The molecule has 0 spiro atoms. The third kappa shape index (κ3) is 4.17. The molecule has 0 aliphatic carbocycles. The summed E-state index contributed by atoms with van der Waals surface area (Å²) < 4.78 is 0. The Labute approximate surface area is 117 Å². The standard InChI is InChI=1S/C15H18N2OS/c1-11-5-3-4-6-13(11)7-8-14(18)16-10-15-17-9-12(2)19-15/h3-6,9H,7-8,10H2,1-2H3,(H,16,18). The molecule has 0 saturated carbocycles. The van der Waals surface area contributed by atoms with Crippen molar-refractivity contribution in [2.24, 2.45) is 0 Å². The Morgan fingerprint density at radius 1 is 1.32 bits per heavy atom. The molecule has 1 heterocycles. The van der Waals surface area contributed by atoms with Crippen molar-refractivity contribution in [2.45, 2.75) is 33.2 Å². The number of aryl methyl sites for hydroxylation is 3. The van der Waals surface area contributed by atoms with Gasteiger partial charge in [0.2, 0.25) is 5.91 Å². The number of nitrogens with one attached hydrogen (secondary N) is 1. The molecule has 0 unspecified atom stereocenters. The minimum Gasteiger partial charge on any atom is -0.350 e. The van der Waals surface area contributed by atoms with E-state index in [2.05, 4.69) is 29.4 Å². The SMILES string of the molecule is Cc1cnc(CNC(=O)CCc2ccccc2C)s1. The zero-order valence-electron chi connectivity index (χ0n) is 11.3. The van der Waals surface area contributed by atoms with Crippen LogP contribution in [-0.2, 0) is 17.8 Å². The number of carbonyl (C=O) groups excluding carboxylic acids is 1. The third-order valence-corrected chi connectivity index (χ3v) is 3.90. The Balaban J connectivity index is 1.77. The summed E-state index contributed by atoms with van der Waals surface area (Å²) in [5, 5.41) is 3.87. The number of carbonyl (C=O) groups is 1. The molecule has 1 N–H and O–H groups in total. The number of rotatable bonds is 5. The molecular weight excluding hydrogens is 256 g/mol. The fourth-order valence-corrected chi connectivity index (χ4v) is 2.61. The minimum atomic E-state index is 0.0797. The topological polar surface area (TPSA) is 42.0 Å². The summed E-state index contributed by atoms with van der Waals surface area (Å²) in [5.74, 6) is 0.0797. The zero-order chi connectivity index (χ0) is 13.7. The highest BCUT2D eigenvalue weighted by atomic mass is 32.1. The van der Waals surface area contributed by atoms with Gasteiger partial charge in [0.05, 0.1) is 6.54 Å². The molecule has 1 aromatic carbocycles. The van der Waals surface area contributed by atoms with Crippen LogP contribution in [0.3, 0.4) is 0 Å². The van der Waals surface area contributed by atoms with E-state index in [-0.39, 0.29) is 5.91 Å². The highest BCUT2D eigenvalue weighted by molar-refractivity contribution is 7.11. The zero-order valence-corrected chi connectivity index (χ0v) is 12.1. The lowest BCUT2D eigenvalue weighted by Gasteiger charge is -2.06. The number of hydrogen-bond donors (Lipinski definition) is 1. The number of amides is 1. The van der Waals surface area contributed by atoms with Gasteiger partial charge in [0.15, 0.2) is 0 Å². The van der Waals surface area contributed by atoms with Gasteiger partial charge in [0.25, 0.3) is 0 Å². The Bertz CT molecular complexity index is 563. The van der Waals surface area contributed by atoms with Gasteiger partial charge in [-0.2, -0.15) is 0 Å². The van der Waals surface area contributed by atoms with Crippen LogP contribution in [0.4, 0.5) is 0 Å². The van der Waals surface area contributed by atoms with Crippen molar-refractivity contribution in [2.75, 3.05) is 0 Å². The van der Waals surface area contributed by atoms with Crippen molar-refractivity contribution < 1.29 is 4.79 Å². The maximum absolute atomic E-state index is 11.8. The third-order valence-electron chi connectivity index (χ3n) is 2.99. The lowest BCUT2D eigenvalue weighted by molar-refractivity contribution is -0.121. The summed E-state index contributed by atoms with van der Waals surface area (Å²) >= 11 is 1.62. The van der Waals surface area contributed by atoms with Gasteiger partial charge in [-0.3, -0.25) is 4.79 Å². The van der Waals surface area contributed by atoms with E-state index in [1.807, 2.05) is 25.3 Å². The molecule has 1 aromatic heterocycles. The summed E-state index contributed by atoms with van der Waals surface area (Å²) in [6.07, 6.45) is 3.14. The van der Waals surface area contributed by atoms with Crippen LogP contribution in [0.25, 0.3) is 0 Å². The quantitative estimate of drug-likeness (QED) is 0.910. The van der Waals surface area contributed by atoms with Gasteiger partial charge in [-0.15, -0.1) is 11.3 Å². The van der Waals surface area contributed by atoms with E-state index < -0.39 is 0 Å². The van der Waals surface area contributed by atoms with Crippen LogP contribution in [0.5, 0.6) is 0 Å². The fourth-order valence-electron chi connectivity index (χ4n) is 1.88. The molecule has 100 valence electrons. The van der Waals surface area contributed by atoms with Crippen LogP contribution in [0, 0.1) is 13.8 Å². The van der Waals surface area contributed by atoms with Crippen molar-refractivity contribution in [3.8, 4) is 0 Å². The second kappa shape index (κ2) is 6.48. The second-order valence-electron chi connectivity index (χ2n) is 4.57. The first kappa shape index (κ1) is 13.7. The molecule has 2 aromatic rings. The van der Waals surface area contributed by atoms with E-state index in [1.54, 1.807) is 11.3 Å². The van der Waals surface area contributed by atoms with Crippen LogP contribution in [0.15, 0.2) is 30.5 Å². The van der Waals surface area contributed by atoms with Crippen LogP contribution >= 0.6 is 11.3 Å². The Kier molecular flexibility index (Phi) is 4.68. The van der Waals surface area contributed by atoms with Crippen LogP contribution < -0.4 is 5.32 Å². The van der Waals surface area contributed by atoms with Gasteiger partial charge in [-0.25, -0.2) is 4.98 Å². The number of thiazole rings is 1. The van der Waals surface area contributed by atoms with Crippen LogP contribution in [0.2, 0.25) is 0 Å². The number of hydrogen-bond acceptors (Lipinski definition) is 3. The smallest absolute Gasteiger partial charge is 0.220 e. The van der Waals surface area contributed by atoms with Crippen molar-refractivity contribution in [1.82, 2.24) is 10.3 Å². The predicted octanol–water partition coefficient (Wildman–Crippen LogP) is 3.01. The summed E-state index contributed by atoms with van der Waals surface area (Å²) in [6, 6.07) is 8.18. The van der Waals surface area contributed by atoms with Crippen molar-refractivity contribution in [1.29, 1.82) is 0 Å². The largest absolute Gasteiger partial charge is 0.350 e. The molecule has 0 saturated heterocycles. The molecule has 3 nitrogen and oxygen atoms in total. The second-order valence-corrected chi connectivity index (χ2v) is 5.89. The molecule has 2 rings (SSSR count). The van der Waals surface area contributed by atoms with Crippen molar-refractivity contribution >= 4 is 17.2 Å². The number of aromatic nitrogens is 1. The predicted molar refractivity (Wildman–Crippen MR) is 78.2 cm³/mol. The van der Waals surface area contributed by atoms with Crippen LogP contribution in [0.1, 0.15) is 27.4 Å². The van der Waals surface area contributed by atoms with E-state index >= 15 is 0 Å². The maximum Gasteiger partial charge on any atom is 0.220 e. The van der Waals surface area contributed by atoms with E-state index in [9.17, 15) is 4.79 Å². The summed E-state index contributed by atoms with van der Waals surface area (Å²) in [6.45, 7) is 4.62. The first-order valence-corrected chi connectivity index (χ1v) is 7.19. The van der Waals surface area contributed by atoms with Gasteiger partial charge >= 0.3 is 0 Å². The van der Waals surface area contributed by atoms with E-state index in [4.69, 9.17) is 0 Å². The molecule has 0 aliphatic heterocycles. The average Bonchev–Trinajstić information content (AvgIpc) is 2.81. The van der Waals surface area contributed by atoms with Gasteiger partial charge in [0.1, 0.15) is 5.01 Å². The molecule has 0 radical (unpaired) electrons. The summed E-state index contributed by atoms with van der Waals surface area (Å²) in [5.41, 5.74) is 2.48. The molecule has 0 bridgehead atoms. The summed E-state index contributed by atoms with van der Waals surface area (Å²) in [7, 11) is 0. The monoisotopic (exact) mass is 274 g/mol. The molecule has 4 heteroatoms. The van der Waals surface area contributed by atoms with Gasteiger partial charge in [-0.1, -0.05) is 24.3 Å². The van der Waals surface area contributed by atoms with E-state index in [0.29, 0.717) is 13.0 Å². The lowest BCUT2D eigenvalue weighted by atomic mass is 10.0. The number of benzene rings is 1. The van der Waals surface area contributed by atoms with Crippen molar-refractivity contribution in [3.05, 3.63) is 51.5 Å². The highest BCUT2D eigenvalue weighted by Crippen LogP contribution is 2.11. The minimum absolute atomic E-state index is 0.0797. The van der Waals surface area contributed by atoms with E-state index in [1.165, 1.54) is 16.0 Å². The number of nitrogens with zero attached hydrogens (tertiary/aromatic N) is 1.